The van der Waals surface area contributed by atoms with Gasteiger partial charge in [-0.3, -0.25) is 0 Å². The average molecular weight is 203 g/mol. The third kappa shape index (κ3) is 1.92. The van der Waals surface area contributed by atoms with Crippen LogP contribution in [0.2, 0.25) is 0 Å². The van der Waals surface area contributed by atoms with E-state index < -0.39 is 6.10 Å². The number of aromatic nitrogens is 1. The molecule has 0 amide bonds. The number of hydrogen-bond acceptors (Lipinski definition) is 3. The molecule has 0 aliphatic rings. The smallest absolute Gasteiger partial charge is 0.226 e. The molecule has 15 heavy (non-hydrogen) atoms. The number of oxazole rings is 1. The van der Waals surface area contributed by atoms with E-state index in [9.17, 15) is 5.11 Å². The molecule has 78 valence electrons. The zero-order valence-corrected chi connectivity index (χ0v) is 8.77. The quantitative estimate of drug-likeness (QED) is 0.816. The molecular formula is C12H13NO2. The maximum Gasteiger partial charge on any atom is 0.226 e. The number of benzene rings is 1. The topological polar surface area (TPSA) is 46.3 Å². The Morgan fingerprint density at radius 3 is 2.47 bits per heavy atom. The SMILES string of the molecule is Cc1nc(-c2ccccc2)oc1C(C)O. The van der Waals surface area contributed by atoms with Crippen LogP contribution in [0.15, 0.2) is 34.7 Å². The Morgan fingerprint density at radius 1 is 1.27 bits per heavy atom. The first kappa shape index (κ1) is 9.93. The van der Waals surface area contributed by atoms with E-state index in [0.717, 1.165) is 11.3 Å². The second-order valence-electron chi connectivity index (χ2n) is 3.51. The van der Waals surface area contributed by atoms with Gasteiger partial charge in [-0.05, 0) is 26.0 Å². The highest BCUT2D eigenvalue weighted by Crippen LogP contribution is 2.25. The van der Waals surface area contributed by atoms with Crippen LogP contribution in [0, 0.1) is 6.92 Å². The van der Waals surface area contributed by atoms with Crippen LogP contribution in [0.3, 0.4) is 0 Å². The number of aryl methyl sites for hydroxylation is 1. The molecule has 0 spiro atoms. The summed E-state index contributed by atoms with van der Waals surface area (Å²) in [5, 5.41) is 9.43. The molecule has 0 aliphatic heterocycles. The van der Waals surface area contributed by atoms with Crippen molar-refractivity contribution >= 4 is 0 Å². The van der Waals surface area contributed by atoms with Gasteiger partial charge in [-0.15, -0.1) is 0 Å². The summed E-state index contributed by atoms with van der Waals surface area (Å²) >= 11 is 0. The van der Waals surface area contributed by atoms with E-state index in [2.05, 4.69) is 4.98 Å². The van der Waals surface area contributed by atoms with Gasteiger partial charge in [-0.2, -0.15) is 0 Å². The minimum Gasteiger partial charge on any atom is -0.438 e. The number of aliphatic hydroxyl groups is 1. The van der Waals surface area contributed by atoms with Gasteiger partial charge >= 0.3 is 0 Å². The van der Waals surface area contributed by atoms with E-state index in [4.69, 9.17) is 4.42 Å². The van der Waals surface area contributed by atoms with E-state index in [-0.39, 0.29) is 0 Å². The summed E-state index contributed by atoms with van der Waals surface area (Å²) in [6.45, 7) is 3.50. The standard InChI is InChI=1S/C12H13NO2/c1-8-11(9(2)14)15-12(13-8)10-6-4-3-5-7-10/h3-7,9,14H,1-2H3. The molecule has 2 rings (SSSR count). The molecule has 1 N–H and O–H groups in total. The lowest BCUT2D eigenvalue weighted by atomic mass is 10.2. The van der Waals surface area contributed by atoms with E-state index in [1.807, 2.05) is 37.3 Å². The van der Waals surface area contributed by atoms with Crippen molar-refractivity contribution in [3.8, 4) is 11.5 Å². The van der Waals surface area contributed by atoms with Gasteiger partial charge < -0.3 is 9.52 Å². The summed E-state index contributed by atoms with van der Waals surface area (Å²) in [6, 6.07) is 9.65. The van der Waals surface area contributed by atoms with Gasteiger partial charge in [0.1, 0.15) is 6.10 Å². The van der Waals surface area contributed by atoms with Gasteiger partial charge in [-0.25, -0.2) is 4.98 Å². The van der Waals surface area contributed by atoms with Crippen LogP contribution in [0.25, 0.3) is 11.5 Å². The molecule has 0 fully saturated rings. The summed E-state index contributed by atoms with van der Waals surface area (Å²) in [5.74, 6) is 1.10. The van der Waals surface area contributed by atoms with Crippen LogP contribution in [-0.2, 0) is 0 Å². The Balaban J connectivity index is 2.43. The van der Waals surface area contributed by atoms with Crippen molar-refractivity contribution in [3.63, 3.8) is 0 Å². The number of aliphatic hydroxyl groups excluding tert-OH is 1. The van der Waals surface area contributed by atoms with Crippen molar-refractivity contribution in [1.29, 1.82) is 0 Å². The second-order valence-corrected chi connectivity index (χ2v) is 3.51. The maximum absolute atomic E-state index is 9.43. The van der Waals surface area contributed by atoms with E-state index >= 15 is 0 Å². The highest BCUT2D eigenvalue weighted by Gasteiger charge is 2.14. The van der Waals surface area contributed by atoms with Crippen molar-refractivity contribution in [2.24, 2.45) is 0 Å². The van der Waals surface area contributed by atoms with Crippen LogP contribution in [-0.4, -0.2) is 10.1 Å². The first-order valence-electron chi connectivity index (χ1n) is 4.89. The summed E-state index contributed by atoms with van der Waals surface area (Å²) in [7, 11) is 0. The van der Waals surface area contributed by atoms with Gasteiger partial charge in [-0.1, -0.05) is 18.2 Å². The molecular weight excluding hydrogens is 190 g/mol. The van der Waals surface area contributed by atoms with Gasteiger partial charge in [0.25, 0.3) is 0 Å². The van der Waals surface area contributed by atoms with Crippen LogP contribution in [0.5, 0.6) is 0 Å². The van der Waals surface area contributed by atoms with Crippen LogP contribution in [0.1, 0.15) is 24.5 Å². The van der Waals surface area contributed by atoms with Crippen molar-refractivity contribution in [1.82, 2.24) is 4.98 Å². The zero-order valence-electron chi connectivity index (χ0n) is 8.77. The van der Waals surface area contributed by atoms with Gasteiger partial charge in [0.2, 0.25) is 5.89 Å². The maximum atomic E-state index is 9.43. The molecule has 0 saturated heterocycles. The lowest BCUT2D eigenvalue weighted by molar-refractivity contribution is 0.169. The lowest BCUT2D eigenvalue weighted by Crippen LogP contribution is -1.90. The molecule has 0 saturated carbocycles. The first-order chi connectivity index (χ1) is 7.18. The third-order valence-corrected chi connectivity index (χ3v) is 2.23. The van der Waals surface area contributed by atoms with E-state index in [1.165, 1.54) is 0 Å². The van der Waals surface area contributed by atoms with E-state index in [1.54, 1.807) is 6.92 Å². The number of nitrogens with zero attached hydrogens (tertiary/aromatic N) is 1. The predicted octanol–water partition coefficient (Wildman–Crippen LogP) is 2.70. The molecule has 2 aromatic rings. The summed E-state index contributed by atoms with van der Waals surface area (Å²) in [5.41, 5.74) is 1.66. The van der Waals surface area contributed by atoms with Gasteiger partial charge in [0, 0.05) is 5.56 Å². The average Bonchev–Trinajstić information content (AvgIpc) is 2.62. The fraction of sp³-hybridized carbons (Fsp3) is 0.250. The summed E-state index contributed by atoms with van der Waals surface area (Å²) < 4.78 is 5.50. The molecule has 1 unspecified atom stereocenters. The van der Waals surface area contributed by atoms with Crippen molar-refractivity contribution in [2.75, 3.05) is 0 Å². The van der Waals surface area contributed by atoms with Crippen molar-refractivity contribution < 1.29 is 9.52 Å². The molecule has 1 aromatic heterocycles. The molecule has 0 aliphatic carbocycles. The van der Waals surface area contributed by atoms with Crippen LogP contribution < -0.4 is 0 Å². The fourth-order valence-electron chi connectivity index (χ4n) is 1.50. The highest BCUT2D eigenvalue weighted by atomic mass is 16.4. The molecule has 3 nitrogen and oxygen atoms in total. The minimum absolute atomic E-state index is 0.536. The third-order valence-electron chi connectivity index (χ3n) is 2.23. The molecule has 1 aromatic carbocycles. The van der Waals surface area contributed by atoms with Gasteiger partial charge in [0.05, 0.1) is 5.69 Å². The predicted molar refractivity (Wildman–Crippen MR) is 57.3 cm³/mol. The minimum atomic E-state index is -0.616. The van der Waals surface area contributed by atoms with Crippen LogP contribution in [0.4, 0.5) is 0 Å². The van der Waals surface area contributed by atoms with Crippen LogP contribution >= 0.6 is 0 Å². The Morgan fingerprint density at radius 2 is 1.93 bits per heavy atom. The summed E-state index contributed by atoms with van der Waals surface area (Å²) in [6.07, 6.45) is -0.616. The molecule has 0 radical (unpaired) electrons. The largest absolute Gasteiger partial charge is 0.438 e. The Kier molecular flexibility index (Phi) is 2.56. The Hall–Kier alpha value is -1.61. The van der Waals surface area contributed by atoms with Gasteiger partial charge in [0.15, 0.2) is 5.76 Å². The van der Waals surface area contributed by atoms with Crippen molar-refractivity contribution in [3.05, 3.63) is 41.8 Å². The zero-order chi connectivity index (χ0) is 10.8. The Bertz CT molecular complexity index is 446. The number of rotatable bonds is 2. The molecule has 1 heterocycles. The second kappa shape index (κ2) is 3.87. The summed E-state index contributed by atoms with van der Waals surface area (Å²) in [4.78, 5) is 4.28. The molecule has 0 bridgehead atoms. The monoisotopic (exact) mass is 203 g/mol. The highest BCUT2D eigenvalue weighted by molar-refractivity contribution is 5.53. The van der Waals surface area contributed by atoms with Crippen molar-refractivity contribution in [2.45, 2.75) is 20.0 Å². The lowest BCUT2D eigenvalue weighted by Gasteiger charge is -1.98. The molecule has 1 atom stereocenters. The Labute approximate surface area is 88.4 Å². The first-order valence-corrected chi connectivity index (χ1v) is 4.89. The fourth-order valence-corrected chi connectivity index (χ4v) is 1.50. The molecule has 3 heteroatoms. The normalized spacial score (nSPS) is 12.7. The van der Waals surface area contributed by atoms with E-state index in [0.29, 0.717) is 11.7 Å². The number of hydrogen-bond donors (Lipinski definition) is 1.